The topological polar surface area (TPSA) is 63.2 Å². The van der Waals surface area contributed by atoms with Crippen molar-refractivity contribution in [1.82, 2.24) is 0 Å². The van der Waals surface area contributed by atoms with Crippen molar-refractivity contribution in [2.24, 2.45) is 0 Å². The van der Waals surface area contributed by atoms with E-state index in [2.05, 4.69) is 38.1 Å². The van der Waals surface area contributed by atoms with Crippen LogP contribution in [0.5, 0.6) is 5.75 Å². The fraction of sp³-hybridized carbons (Fsp3) is 0.829. The first-order valence-electron chi connectivity index (χ1n) is 19.9. The van der Waals surface area contributed by atoms with Gasteiger partial charge in [0.15, 0.2) is 0 Å². The molecule has 0 spiro atoms. The van der Waals surface area contributed by atoms with Gasteiger partial charge in [-0.2, -0.15) is 0 Å². The first-order valence-corrected chi connectivity index (χ1v) is 19.9. The van der Waals surface area contributed by atoms with E-state index in [0.29, 0.717) is 59.3 Å². The van der Waals surface area contributed by atoms with E-state index in [1.165, 1.54) is 134 Å². The zero-order valence-electron chi connectivity index (χ0n) is 30.9. The van der Waals surface area contributed by atoms with Gasteiger partial charge in [0.25, 0.3) is 0 Å². The van der Waals surface area contributed by atoms with Crippen molar-refractivity contribution in [3.05, 3.63) is 29.8 Å². The molecule has 6 heteroatoms. The Morgan fingerprint density at radius 2 is 0.830 bits per heavy atom. The van der Waals surface area contributed by atoms with Gasteiger partial charge >= 0.3 is 5.97 Å². The van der Waals surface area contributed by atoms with Gasteiger partial charge in [-0.15, -0.1) is 0 Å². The molecular formula is C41H74O6. The van der Waals surface area contributed by atoms with Crippen LogP contribution in [-0.4, -0.2) is 58.8 Å². The minimum Gasteiger partial charge on any atom is -0.491 e. The van der Waals surface area contributed by atoms with Gasteiger partial charge in [-0.1, -0.05) is 154 Å². The highest BCUT2D eigenvalue weighted by Gasteiger charge is 2.03. The predicted octanol–water partition coefficient (Wildman–Crippen LogP) is 11.2. The Hall–Kier alpha value is -1.63. The Balaban J connectivity index is 1.76. The lowest BCUT2D eigenvalue weighted by Gasteiger charge is -2.09. The molecule has 1 aromatic rings. The third-order valence-electron chi connectivity index (χ3n) is 8.71. The molecule has 0 N–H and O–H groups in total. The fourth-order valence-corrected chi connectivity index (χ4v) is 5.73. The van der Waals surface area contributed by atoms with Crippen LogP contribution in [0, 0.1) is 0 Å². The summed E-state index contributed by atoms with van der Waals surface area (Å²) in [6, 6.07) is 8.47. The van der Waals surface area contributed by atoms with E-state index in [1.54, 1.807) is 0 Å². The smallest absolute Gasteiger partial charge is 0.305 e. The van der Waals surface area contributed by atoms with Crippen molar-refractivity contribution in [3.8, 4) is 5.75 Å². The first-order chi connectivity index (χ1) is 23.3. The van der Waals surface area contributed by atoms with Gasteiger partial charge in [-0.3, -0.25) is 4.79 Å². The van der Waals surface area contributed by atoms with Crippen molar-refractivity contribution >= 4 is 5.97 Å². The molecule has 0 aromatic heterocycles. The number of hydrogen-bond donors (Lipinski definition) is 0. The molecule has 0 fully saturated rings. The predicted molar refractivity (Wildman–Crippen MR) is 197 cm³/mol. The van der Waals surface area contributed by atoms with Crippen LogP contribution in [0.15, 0.2) is 24.3 Å². The van der Waals surface area contributed by atoms with Gasteiger partial charge < -0.3 is 23.7 Å². The second kappa shape index (κ2) is 35.7. The SMILES string of the molecule is CCCCCCCCCCCCCCCCCC(=O)OCCOCCOCCOCCOc1ccc(CCCCCCCCC)cc1. The van der Waals surface area contributed by atoms with Crippen LogP contribution in [0.2, 0.25) is 0 Å². The third-order valence-corrected chi connectivity index (χ3v) is 8.71. The molecule has 47 heavy (non-hydrogen) atoms. The molecule has 0 aliphatic rings. The largest absolute Gasteiger partial charge is 0.491 e. The van der Waals surface area contributed by atoms with E-state index in [0.717, 1.165) is 25.0 Å². The third kappa shape index (κ3) is 31.4. The Labute approximate surface area is 290 Å². The molecule has 6 nitrogen and oxygen atoms in total. The summed E-state index contributed by atoms with van der Waals surface area (Å²) in [6.45, 7) is 8.34. The highest BCUT2D eigenvalue weighted by molar-refractivity contribution is 5.69. The van der Waals surface area contributed by atoms with Crippen LogP contribution in [0.1, 0.15) is 167 Å². The second-order valence-electron chi connectivity index (χ2n) is 13.1. The molecule has 1 rings (SSSR count). The molecule has 0 heterocycles. The molecule has 0 radical (unpaired) electrons. The number of rotatable bonds is 37. The summed E-state index contributed by atoms with van der Waals surface area (Å²) in [4.78, 5) is 11.9. The van der Waals surface area contributed by atoms with E-state index in [4.69, 9.17) is 23.7 Å². The van der Waals surface area contributed by atoms with Crippen LogP contribution in [-0.2, 0) is 30.2 Å². The van der Waals surface area contributed by atoms with Gasteiger partial charge in [0.1, 0.15) is 19.0 Å². The maximum absolute atomic E-state index is 11.9. The highest BCUT2D eigenvalue weighted by Crippen LogP contribution is 2.16. The quantitative estimate of drug-likeness (QED) is 0.0522. The lowest BCUT2D eigenvalue weighted by Crippen LogP contribution is -2.14. The van der Waals surface area contributed by atoms with Crippen LogP contribution < -0.4 is 4.74 Å². The van der Waals surface area contributed by atoms with E-state index in [-0.39, 0.29) is 5.97 Å². The average molecular weight is 663 g/mol. The van der Waals surface area contributed by atoms with Gasteiger partial charge in [-0.25, -0.2) is 0 Å². The minimum atomic E-state index is -0.114. The molecule has 0 atom stereocenters. The summed E-state index contributed by atoms with van der Waals surface area (Å²) in [5, 5.41) is 0. The number of carbonyl (C=O) groups excluding carboxylic acids is 1. The highest BCUT2D eigenvalue weighted by atomic mass is 16.6. The van der Waals surface area contributed by atoms with Crippen molar-refractivity contribution in [2.45, 2.75) is 168 Å². The molecular weight excluding hydrogens is 588 g/mol. The fourth-order valence-electron chi connectivity index (χ4n) is 5.73. The summed E-state index contributed by atoms with van der Waals surface area (Å²) in [5.74, 6) is 0.775. The molecule has 0 unspecified atom stereocenters. The molecule has 0 saturated heterocycles. The van der Waals surface area contributed by atoms with Crippen LogP contribution >= 0.6 is 0 Å². The summed E-state index contributed by atoms with van der Waals surface area (Å²) in [7, 11) is 0. The number of benzene rings is 1. The molecule has 0 saturated carbocycles. The first kappa shape index (κ1) is 43.4. The molecule has 0 bridgehead atoms. The van der Waals surface area contributed by atoms with Gasteiger partial charge in [0.2, 0.25) is 0 Å². The number of carbonyl (C=O) groups is 1. The van der Waals surface area contributed by atoms with Gasteiger partial charge in [0.05, 0.1) is 39.6 Å². The second-order valence-corrected chi connectivity index (χ2v) is 13.1. The molecule has 0 aliphatic carbocycles. The number of esters is 1. The van der Waals surface area contributed by atoms with Crippen molar-refractivity contribution in [3.63, 3.8) is 0 Å². The van der Waals surface area contributed by atoms with Crippen LogP contribution in [0.4, 0.5) is 0 Å². The summed E-state index contributed by atoms with van der Waals surface area (Å²) in [6.07, 6.45) is 30.9. The Morgan fingerprint density at radius 3 is 1.30 bits per heavy atom. The van der Waals surface area contributed by atoms with E-state index >= 15 is 0 Å². The minimum absolute atomic E-state index is 0.114. The normalized spacial score (nSPS) is 11.3. The number of hydrogen-bond acceptors (Lipinski definition) is 6. The Bertz CT molecular complexity index is 768. The summed E-state index contributed by atoms with van der Waals surface area (Å²) < 4.78 is 27.7. The number of aryl methyl sites for hydroxylation is 1. The van der Waals surface area contributed by atoms with Crippen molar-refractivity contribution in [1.29, 1.82) is 0 Å². The lowest BCUT2D eigenvalue weighted by molar-refractivity contribution is -0.145. The monoisotopic (exact) mass is 663 g/mol. The van der Waals surface area contributed by atoms with E-state index in [9.17, 15) is 4.79 Å². The van der Waals surface area contributed by atoms with E-state index < -0.39 is 0 Å². The van der Waals surface area contributed by atoms with Crippen LogP contribution in [0.25, 0.3) is 0 Å². The Morgan fingerprint density at radius 1 is 0.447 bits per heavy atom. The lowest BCUT2D eigenvalue weighted by atomic mass is 10.0. The Kier molecular flexibility index (Phi) is 32.9. The number of ether oxygens (including phenoxy) is 5. The molecule has 0 aliphatic heterocycles. The maximum Gasteiger partial charge on any atom is 0.305 e. The van der Waals surface area contributed by atoms with Gasteiger partial charge in [-0.05, 0) is 37.0 Å². The zero-order chi connectivity index (χ0) is 33.7. The molecule has 0 amide bonds. The average Bonchev–Trinajstić information content (AvgIpc) is 3.08. The molecule has 274 valence electrons. The van der Waals surface area contributed by atoms with Crippen molar-refractivity contribution < 1.29 is 28.5 Å². The summed E-state index contributed by atoms with van der Waals surface area (Å²) in [5.41, 5.74) is 1.38. The number of unbranched alkanes of at least 4 members (excludes halogenated alkanes) is 20. The molecule has 1 aromatic carbocycles. The van der Waals surface area contributed by atoms with Crippen molar-refractivity contribution in [2.75, 3.05) is 52.9 Å². The van der Waals surface area contributed by atoms with Crippen LogP contribution in [0.3, 0.4) is 0 Å². The van der Waals surface area contributed by atoms with E-state index in [1.807, 2.05) is 0 Å². The standard InChI is InChI=1S/C41H74O6/c1-3-5-7-9-11-12-13-14-15-16-17-18-20-22-24-26-41(42)47-38-36-45-34-32-43-31-33-44-35-37-46-40-29-27-39(28-30-40)25-23-21-19-10-8-6-4-2/h27-30H,3-26,31-38H2,1-2H3. The zero-order valence-corrected chi connectivity index (χ0v) is 30.9. The van der Waals surface area contributed by atoms with Gasteiger partial charge in [0, 0.05) is 6.42 Å². The summed E-state index contributed by atoms with van der Waals surface area (Å²) >= 11 is 0. The maximum atomic E-state index is 11.9.